The lowest BCUT2D eigenvalue weighted by Gasteiger charge is -2.13. The van der Waals surface area contributed by atoms with E-state index in [1.54, 1.807) is 18.2 Å². The van der Waals surface area contributed by atoms with Crippen LogP contribution in [-0.2, 0) is 0 Å². The summed E-state index contributed by atoms with van der Waals surface area (Å²) in [5.41, 5.74) is 0.788. The van der Waals surface area contributed by atoms with Gasteiger partial charge in [-0.3, -0.25) is 0 Å². The van der Waals surface area contributed by atoms with Crippen molar-refractivity contribution in [2.75, 3.05) is 13.1 Å². The number of hydrogen-bond acceptors (Lipinski definition) is 2. The fourth-order valence-corrected chi connectivity index (χ4v) is 1.77. The van der Waals surface area contributed by atoms with Crippen molar-refractivity contribution < 1.29 is 5.11 Å². The first-order chi connectivity index (χ1) is 8.00. The summed E-state index contributed by atoms with van der Waals surface area (Å²) in [7, 11) is 0. The van der Waals surface area contributed by atoms with Crippen molar-refractivity contribution in [2.24, 2.45) is 5.92 Å². The van der Waals surface area contributed by atoms with Crippen LogP contribution in [0.5, 0.6) is 0 Å². The lowest BCUT2D eigenvalue weighted by Crippen LogP contribution is -2.23. The quantitative estimate of drug-likeness (QED) is 0.777. The van der Waals surface area contributed by atoms with Crippen LogP contribution in [0.15, 0.2) is 18.2 Å². The van der Waals surface area contributed by atoms with Crippen LogP contribution in [0.4, 0.5) is 0 Å². The minimum absolute atomic E-state index is 0.477. The molecular weight excluding hydrogens is 257 g/mol. The second-order valence-corrected chi connectivity index (χ2v) is 5.39. The van der Waals surface area contributed by atoms with Crippen LogP contribution in [-0.4, -0.2) is 18.2 Å². The van der Waals surface area contributed by atoms with Crippen molar-refractivity contribution in [1.82, 2.24) is 5.32 Å². The van der Waals surface area contributed by atoms with E-state index in [0.717, 1.165) is 18.5 Å². The van der Waals surface area contributed by atoms with Crippen molar-refractivity contribution in [3.63, 3.8) is 0 Å². The van der Waals surface area contributed by atoms with Crippen LogP contribution >= 0.6 is 23.2 Å². The maximum Gasteiger partial charge on any atom is 0.0914 e. The van der Waals surface area contributed by atoms with Gasteiger partial charge in [-0.05, 0) is 36.6 Å². The molecule has 1 atom stereocenters. The number of aliphatic hydroxyl groups excluding tert-OH is 1. The second kappa shape index (κ2) is 7.22. The zero-order valence-corrected chi connectivity index (χ0v) is 11.7. The van der Waals surface area contributed by atoms with Gasteiger partial charge in [-0.15, -0.1) is 0 Å². The SMILES string of the molecule is CC(C)CCNCC(O)c1ccc(Cl)c(Cl)c1. The molecule has 0 radical (unpaired) electrons. The van der Waals surface area contributed by atoms with Crippen LogP contribution < -0.4 is 5.32 Å². The third kappa shape index (κ3) is 5.26. The maximum absolute atomic E-state index is 9.94. The van der Waals surface area contributed by atoms with Crippen LogP contribution in [0.25, 0.3) is 0 Å². The Labute approximate surface area is 113 Å². The first-order valence-corrected chi connectivity index (χ1v) is 6.60. The molecule has 0 aliphatic rings. The summed E-state index contributed by atoms with van der Waals surface area (Å²) < 4.78 is 0. The molecule has 1 aromatic carbocycles. The highest BCUT2D eigenvalue weighted by Crippen LogP contribution is 2.25. The molecule has 0 saturated carbocycles. The van der Waals surface area contributed by atoms with E-state index in [1.165, 1.54) is 0 Å². The van der Waals surface area contributed by atoms with Gasteiger partial charge in [0.1, 0.15) is 0 Å². The molecule has 17 heavy (non-hydrogen) atoms. The first kappa shape index (κ1) is 14.8. The van der Waals surface area contributed by atoms with Gasteiger partial charge in [0.25, 0.3) is 0 Å². The van der Waals surface area contributed by atoms with Gasteiger partial charge >= 0.3 is 0 Å². The molecule has 0 aromatic heterocycles. The Bertz CT molecular complexity index is 355. The zero-order chi connectivity index (χ0) is 12.8. The fraction of sp³-hybridized carbons (Fsp3) is 0.538. The number of hydrogen-bond donors (Lipinski definition) is 2. The van der Waals surface area contributed by atoms with Gasteiger partial charge in [0.2, 0.25) is 0 Å². The van der Waals surface area contributed by atoms with E-state index in [1.807, 2.05) is 0 Å². The molecule has 0 aliphatic heterocycles. The Kier molecular flexibility index (Phi) is 6.28. The van der Waals surface area contributed by atoms with Crippen LogP contribution in [0.1, 0.15) is 31.9 Å². The molecule has 2 nitrogen and oxygen atoms in total. The number of rotatable bonds is 6. The van der Waals surface area contributed by atoms with Gasteiger partial charge in [0, 0.05) is 6.54 Å². The standard InChI is InChI=1S/C13H19Cl2NO/c1-9(2)5-6-16-8-13(17)10-3-4-11(14)12(15)7-10/h3-4,7,9,13,16-17H,5-6,8H2,1-2H3. The average Bonchev–Trinajstić information content (AvgIpc) is 2.27. The highest BCUT2D eigenvalue weighted by molar-refractivity contribution is 6.42. The third-order valence-corrected chi connectivity index (χ3v) is 3.30. The van der Waals surface area contributed by atoms with Crippen LogP contribution in [0.3, 0.4) is 0 Å². The summed E-state index contributed by atoms with van der Waals surface area (Å²) in [6.45, 7) is 5.80. The molecule has 0 aliphatic carbocycles. The molecule has 0 amide bonds. The van der Waals surface area contributed by atoms with Gasteiger partial charge in [-0.2, -0.15) is 0 Å². The van der Waals surface area contributed by atoms with Gasteiger partial charge in [0.15, 0.2) is 0 Å². The number of halogens is 2. The second-order valence-electron chi connectivity index (χ2n) is 4.58. The number of aliphatic hydroxyl groups is 1. The van der Waals surface area contributed by atoms with Crippen LogP contribution in [0.2, 0.25) is 10.0 Å². The zero-order valence-electron chi connectivity index (χ0n) is 10.2. The molecule has 2 N–H and O–H groups in total. The summed E-state index contributed by atoms with van der Waals surface area (Å²) >= 11 is 11.7. The van der Waals surface area contributed by atoms with Crippen molar-refractivity contribution in [3.8, 4) is 0 Å². The molecule has 0 fully saturated rings. The number of benzene rings is 1. The molecule has 1 unspecified atom stereocenters. The fourth-order valence-electron chi connectivity index (χ4n) is 1.47. The Balaban J connectivity index is 2.41. The molecule has 96 valence electrons. The predicted molar refractivity (Wildman–Crippen MR) is 73.7 cm³/mol. The molecule has 4 heteroatoms. The van der Waals surface area contributed by atoms with Crippen LogP contribution in [0, 0.1) is 5.92 Å². The predicted octanol–water partition coefficient (Wildman–Crippen LogP) is 3.66. The summed E-state index contributed by atoms with van der Waals surface area (Å²) in [4.78, 5) is 0. The van der Waals surface area contributed by atoms with Gasteiger partial charge in [-0.25, -0.2) is 0 Å². The lowest BCUT2D eigenvalue weighted by molar-refractivity contribution is 0.174. The van der Waals surface area contributed by atoms with E-state index in [9.17, 15) is 5.11 Å². The van der Waals surface area contributed by atoms with E-state index < -0.39 is 6.10 Å². The summed E-state index contributed by atoms with van der Waals surface area (Å²) in [5, 5.41) is 14.1. The molecular formula is C13H19Cl2NO. The van der Waals surface area contributed by atoms with Crippen molar-refractivity contribution in [2.45, 2.75) is 26.4 Å². The van der Waals surface area contributed by atoms with E-state index in [-0.39, 0.29) is 0 Å². The Morgan fingerprint density at radius 1 is 1.24 bits per heavy atom. The lowest BCUT2D eigenvalue weighted by atomic mass is 10.1. The number of nitrogens with one attached hydrogen (secondary N) is 1. The first-order valence-electron chi connectivity index (χ1n) is 5.84. The highest BCUT2D eigenvalue weighted by atomic mass is 35.5. The average molecular weight is 276 g/mol. The Morgan fingerprint density at radius 2 is 1.94 bits per heavy atom. The molecule has 0 heterocycles. The monoisotopic (exact) mass is 275 g/mol. The Morgan fingerprint density at radius 3 is 2.53 bits per heavy atom. The maximum atomic E-state index is 9.94. The molecule has 1 rings (SSSR count). The Hall–Kier alpha value is -0.280. The minimum atomic E-state index is -0.545. The van der Waals surface area contributed by atoms with E-state index in [2.05, 4.69) is 19.2 Å². The summed E-state index contributed by atoms with van der Waals surface area (Å²) in [5.74, 6) is 0.671. The smallest absolute Gasteiger partial charge is 0.0914 e. The van der Waals surface area contributed by atoms with Crippen molar-refractivity contribution in [3.05, 3.63) is 33.8 Å². The van der Waals surface area contributed by atoms with Crippen molar-refractivity contribution >= 4 is 23.2 Å². The van der Waals surface area contributed by atoms with E-state index in [4.69, 9.17) is 23.2 Å². The third-order valence-electron chi connectivity index (χ3n) is 2.56. The summed E-state index contributed by atoms with van der Waals surface area (Å²) in [6, 6.07) is 5.21. The normalized spacial score (nSPS) is 13.1. The minimum Gasteiger partial charge on any atom is -0.387 e. The van der Waals surface area contributed by atoms with Crippen molar-refractivity contribution in [1.29, 1.82) is 0 Å². The van der Waals surface area contributed by atoms with Gasteiger partial charge in [-0.1, -0.05) is 43.1 Å². The van der Waals surface area contributed by atoms with Gasteiger partial charge < -0.3 is 10.4 Å². The molecule has 1 aromatic rings. The van der Waals surface area contributed by atoms with E-state index in [0.29, 0.717) is 22.5 Å². The summed E-state index contributed by atoms with van der Waals surface area (Å²) in [6.07, 6.45) is 0.561. The molecule has 0 bridgehead atoms. The van der Waals surface area contributed by atoms with E-state index >= 15 is 0 Å². The molecule has 0 spiro atoms. The van der Waals surface area contributed by atoms with Gasteiger partial charge in [0.05, 0.1) is 16.1 Å². The largest absolute Gasteiger partial charge is 0.387 e. The highest BCUT2D eigenvalue weighted by Gasteiger charge is 2.09. The topological polar surface area (TPSA) is 32.3 Å². The molecule has 0 saturated heterocycles.